The second-order valence-corrected chi connectivity index (χ2v) is 10.7. The minimum Gasteiger partial charge on any atom is -0.356 e. The molecule has 0 fully saturated rings. The van der Waals surface area contributed by atoms with Crippen molar-refractivity contribution in [2.45, 2.75) is 24.8 Å². The van der Waals surface area contributed by atoms with Gasteiger partial charge in [0.15, 0.2) is 5.82 Å². The predicted octanol–water partition coefficient (Wildman–Crippen LogP) is 4.14. The van der Waals surface area contributed by atoms with Crippen LogP contribution in [-0.2, 0) is 23.0 Å². The number of aromatic nitrogens is 6. The van der Waals surface area contributed by atoms with Crippen LogP contribution in [0.25, 0.3) is 22.5 Å². The monoisotopic (exact) mass is 528 g/mol. The Kier molecular flexibility index (Phi) is 6.72. The summed E-state index contributed by atoms with van der Waals surface area (Å²) in [6.45, 7) is 2.63. The summed E-state index contributed by atoms with van der Waals surface area (Å²) in [7, 11) is -4.22. The number of hydrogen-bond donors (Lipinski definition) is 1. The maximum Gasteiger partial charge on any atom is 0.287 e. The van der Waals surface area contributed by atoms with Crippen molar-refractivity contribution in [1.29, 1.82) is 5.26 Å². The first-order valence-electron chi connectivity index (χ1n) is 11.3. The van der Waals surface area contributed by atoms with Gasteiger partial charge in [0.1, 0.15) is 16.0 Å². The topological polar surface area (TPSA) is 139 Å². The highest BCUT2D eigenvalue weighted by Gasteiger charge is 2.27. The van der Waals surface area contributed by atoms with Crippen LogP contribution in [-0.4, -0.2) is 38.2 Å². The van der Waals surface area contributed by atoms with E-state index in [1.165, 1.54) is 23.5 Å². The largest absolute Gasteiger partial charge is 0.356 e. The van der Waals surface area contributed by atoms with E-state index in [2.05, 4.69) is 31.0 Å². The van der Waals surface area contributed by atoms with Crippen LogP contribution < -0.4 is 5.32 Å². The van der Waals surface area contributed by atoms with Crippen LogP contribution >= 0.6 is 11.3 Å². The second kappa shape index (κ2) is 10.3. The first kappa shape index (κ1) is 24.2. The molecule has 3 aromatic carbocycles. The zero-order chi connectivity index (χ0) is 25.8. The molecule has 0 atom stereocenters. The number of hydrogen-bond acceptors (Lipinski definition) is 10. The molecule has 0 radical (unpaired) electrons. The van der Waals surface area contributed by atoms with Gasteiger partial charge in [-0.15, -0.1) is 19.4 Å². The molecule has 0 saturated heterocycles. The molecule has 0 amide bonds. The molecule has 0 aliphatic carbocycles. The Bertz CT molecular complexity index is 1700. The number of tetrazole rings is 1. The smallest absolute Gasteiger partial charge is 0.287 e. The van der Waals surface area contributed by atoms with Crippen LogP contribution in [0.4, 0.5) is 5.13 Å². The van der Waals surface area contributed by atoms with E-state index in [9.17, 15) is 13.7 Å². The fourth-order valence-electron chi connectivity index (χ4n) is 3.75. The molecule has 0 spiro atoms. The van der Waals surface area contributed by atoms with Gasteiger partial charge < -0.3 is 5.32 Å². The van der Waals surface area contributed by atoms with Gasteiger partial charge in [-0.25, -0.2) is 0 Å². The zero-order valence-corrected chi connectivity index (χ0v) is 21.2. The number of aryl methyl sites for hydroxylation is 1. The third kappa shape index (κ3) is 4.82. The number of rotatable bonds is 8. The van der Waals surface area contributed by atoms with E-state index in [1.54, 1.807) is 24.3 Å². The average molecular weight is 529 g/mol. The van der Waals surface area contributed by atoms with E-state index in [4.69, 9.17) is 0 Å². The van der Waals surface area contributed by atoms with Gasteiger partial charge in [0.25, 0.3) is 10.0 Å². The van der Waals surface area contributed by atoms with E-state index in [1.807, 2.05) is 49.4 Å². The zero-order valence-electron chi connectivity index (χ0n) is 19.6. The highest BCUT2D eigenvalue weighted by Crippen LogP contribution is 2.32. The Hall–Kier alpha value is -4.47. The van der Waals surface area contributed by atoms with Crippen molar-refractivity contribution >= 4 is 26.5 Å². The summed E-state index contributed by atoms with van der Waals surface area (Å²) in [6.07, 6.45) is 0.850. The molecular weight excluding hydrogens is 508 g/mol. The molecule has 1 N–H and O–H groups in total. The highest BCUT2D eigenvalue weighted by atomic mass is 32.2. The number of benzene rings is 3. The summed E-state index contributed by atoms with van der Waals surface area (Å²) in [4.78, 5) is -0.165. The molecule has 0 bridgehead atoms. The minimum absolute atomic E-state index is 0.0147. The number of nitrogens with zero attached hydrogens (tertiary/aromatic N) is 7. The van der Waals surface area contributed by atoms with Gasteiger partial charge in [-0.1, -0.05) is 78.9 Å². The number of anilines is 1. The lowest BCUT2D eigenvalue weighted by molar-refractivity contribution is 0.577. The van der Waals surface area contributed by atoms with Crippen molar-refractivity contribution in [1.82, 2.24) is 29.8 Å². The fraction of sp³-hybridized carbons (Fsp3) is 0.120. The van der Waals surface area contributed by atoms with E-state index >= 15 is 0 Å². The highest BCUT2D eigenvalue weighted by molar-refractivity contribution is 7.90. The maximum absolute atomic E-state index is 13.4. The molecule has 12 heteroatoms. The molecule has 0 unspecified atom stereocenters. The van der Waals surface area contributed by atoms with E-state index in [-0.39, 0.29) is 16.3 Å². The van der Waals surface area contributed by atoms with Crippen molar-refractivity contribution < 1.29 is 8.42 Å². The molecule has 2 aromatic heterocycles. The summed E-state index contributed by atoms with van der Waals surface area (Å²) in [5.41, 5.74) is 3.24. The first-order chi connectivity index (χ1) is 18.0. The Balaban J connectivity index is 1.46. The van der Waals surface area contributed by atoms with Gasteiger partial charge in [-0.05, 0) is 45.7 Å². The fourth-order valence-corrected chi connectivity index (χ4v) is 5.75. The Morgan fingerprint density at radius 1 is 0.946 bits per heavy atom. The Morgan fingerprint density at radius 2 is 1.68 bits per heavy atom. The van der Waals surface area contributed by atoms with Gasteiger partial charge in [-0.3, -0.25) is 0 Å². The number of nitrogens with one attached hydrogen (secondary N) is 1. The maximum atomic E-state index is 13.4. The van der Waals surface area contributed by atoms with Crippen molar-refractivity contribution in [3.05, 3.63) is 88.9 Å². The molecule has 10 nitrogen and oxygen atoms in total. The molecule has 5 rings (SSSR count). The summed E-state index contributed by atoms with van der Waals surface area (Å²) >= 11 is 1.54. The minimum atomic E-state index is -4.22. The van der Waals surface area contributed by atoms with Gasteiger partial charge in [0, 0.05) is 12.1 Å². The SMILES string of the molecule is CCc1nnc(NCc2ccc(-c3ccccc3-c3nnnn3S(=O)(=O)c3ccccc3C#N)cc2)s1. The molecule has 0 saturated carbocycles. The Morgan fingerprint density at radius 3 is 2.41 bits per heavy atom. The molecule has 0 aliphatic heterocycles. The Labute approximate surface area is 217 Å². The number of nitriles is 1. The average Bonchev–Trinajstić information content (AvgIpc) is 3.62. The normalized spacial score (nSPS) is 11.2. The van der Waals surface area contributed by atoms with Crippen molar-refractivity contribution in [3.63, 3.8) is 0 Å². The van der Waals surface area contributed by atoms with Crippen LogP contribution in [0.2, 0.25) is 0 Å². The van der Waals surface area contributed by atoms with Gasteiger partial charge in [-0.2, -0.15) is 13.7 Å². The first-order valence-corrected chi connectivity index (χ1v) is 13.5. The lowest BCUT2D eigenvalue weighted by Crippen LogP contribution is -2.17. The van der Waals surface area contributed by atoms with E-state index < -0.39 is 10.0 Å². The van der Waals surface area contributed by atoms with Crippen LogP contribution in [0.1, 0.15) is 23.1 Å². The lowest BCUT2D eigenvalue weighted by atomic mass is 9.98. The quantitative estimate of drug-likeness (QED) is 0.315. The summed E-state index contributed by atoms with van der Waals surface area (Å²) < 4.78 is 27.6. The summed E-state index contributed by atoms with van der Waals surface area (Å²) in [5.74, 6) is 0.0529. The van der Waals surface area contributed by atoms with Crippen LogP contribution in [0.15, 0.2) is 77.7 Å². The van der Waals surface area contributed by atoms with Crippen LogP contribution in [0.5, 0.6) is 0 Å². The molecule has 2 heterocycles. The summed E-state index contributed by atoms with van der Waals surface area (Å²) in [5, 5.41) is 34.1. The van der Waals surface area contributed by atoms with E-state index in [0.717, 1.165) is 37.3 Å². The standard InChI is InChI=1S/C25H20N8O2S2/c1-2-23-28-30-25(36-23)27-16-17-11-13-18(14-12-17)20-8-4-5-9-21(20)24-29-31-32-33(24)37(34,35)22-10-6-3-7-19(22)15-26/h3-14H,2,16H2,1H3,(H,27,30). The lowest BCUT2D eigenvalue weighted by Gasteiger charge is -2.12. The molecule has 184 valence electrons. The molecule has 0 aliphatic rings. The predicted molar refractivity (Wildman–Crippen MR) is 139 cm³/mol. The van der Waals surface area contributed by atoms with Crippen LogP contribution in [0.3, 0.4) is 0 Å². The molecule has 37 heavy (non-hydrogen) atoms. The van der Waals surface area contributed by atoms with Crippen LogP contribution in [0, 0.1) is 11.3 Å². The van der Waals surface area contributed by atoms with Gasteiger partial charge in [0.2, 0.25) is 5.13 Å². The van der Waals surface area contributed by atoms with Gasteiger partial charge in [0.05, 0.1) is 5.56 Å². The third-order valence-corrected chi connectivity index (χ3v) is 8.24. The van der Waals surface area contributed by atoms with E-state index in [0.29, 0.717) is 12.1 Å². The van der Waals surface area contributed by atoms with Crippen molar-refractivity contribution in [2.75, 3.05) is 5.32 Å². The third-order valence-electron chi connectivity index (χ3n) is 5.60. The van der Waals surface area contributed by atoms with Crippen molar-refractivity contribution in [3.8, 4) is 28.6 Å². The second-order valence-electron chi connectivity index (χ2n) is 7.91. The van der Waals surface area contributed by atoms with Crippen molar-refractivity contribution in [2.24, 2.45) is 0 Å². The molecule has 5 aromatic rings. The van der Waals surface area contributed by atoms with Gasteiger partial charge >= 0.3 is 0 Å². The molecular formula is C25H20N8O2S2. The summed E-state index contributed by atoms with van der Waals surface area (Å²) in [6, 6.07) is 23.1.